The Kier molecular flexibility index (Phi) is 35.6. The number of aliphatic hydroxyl groups excluding tert-OH is 1. The van der Waals surface area contributed by atoms with Gasteiger partial charge in [-0.3, -0.25) is 14.2 Å². The fourth-order valence-electron chi connectivity index (χ4n) is 4.98. The molecule has 0 aromatic heterocycles. The first-order valence-electron chi connectivity index (χ1n) is 21.4. The highest BCUT2D eigenvalue weighted by Crippen LogP contribution is 2.38. The van der Waals surface area contributed by atoms with E-state index < -0.39 is 32.5 Å². The van der Waals surface area contributed by atoms with E-state index in [9.17, 15) is 24.2 Å². The van der Waals surface area contributed by atoms with Gasteiger partial charge in [0.2, 0.25) is 0 Å². The van der Waals surface area contributed by atoms with Crippen molar-refractivity contribution in [2.24, 2.45) is 0 Å². The summed E-state index contributed by atoms with van der Waals surface area (Å²) in [6.45, 7) is 3.76. The Bertz CT molecular complexity index is 1260. The quantitative estimate of drug-likeness (QED) is 0.0214. The van der Waals surface area contributed by atoms with Gasteiger partial charge in [-0.1, -0.05) is 112 Å². The molecule has 1 unspecified atom stereocenters. The lowest BCUT2D eigenvalue weighted by atomic mass is 10.1. The third-order valence-electron chi connectivity index (χ3n) is 8.55. The van der Waals surface area contributed by atoms with E-state index in [0.717, 1.165) is 70.6 Å². The van der Waals surface area contributed by atoms with Gasteiger partial charge in [0, 0.05) is 12.8 Å². The van der Waals surface area contributed by atoms with Crippen LogP contribution in [0.3, 0.4) is 0 Å². The lowest BCUT2D eigenvalue weighted by molar-refractivity contribution is -0.870. The van der Waals surface area contributed by atoms with Gasteiger partial charge in [0.1, 0.15) is 19.8 Å². The van der Waals surface area contributed by atoms with Crippen molar-refractivity contribution >= 4 is 19.8 Å². The van der Waals surface area contributed by atoms with Crippen molar-refractivity contribution in [3.8, 4) is 0 Å². The largest absolute Gasteiger partial charge is 0.756 e. The zero-order valence-electron chi connectivity index (χ0n) is 36.1. The number of rotatable bonds is 37. The molecular weight excluding hydrogens is 741 g/mol. The highest BCUT2D eigenvalue weighted by Gasteiger charge is 2.21. The molecule has 0 radical (unpaired) electrons. The van der Waals surface area contributed by atoms with Gasteiger partial charge in [-0.15, -0.1) is 0 Å². The van der Waals surface area contributed by atoms with Crippen molar-refractivity contribution in [1.29, 1.82) is 0 Å². The third-order valence-corrected chi connectivity index (χ3v) is 9.52. The fraction of sp³-hybridized carbons (Fsp3) is 0.652. The van der Waals surface area contributed by atoms with E-state index in [2.05, 4.69) is 79.8 Å². The number of likely N-dealkylation sites (N-methyl/N-ethyl adjacent to an activating group) is 1. The second kappa shape index (κ2) is 37.4. The first kappa shape index (κ1) is 54.2. The van der Waals surface area contributed by atoms with Crippen LogP contribution >= 0.6 is 7.82 Å². The molecule has 0 aromatic carbocycles. The second-order valence-corrected chi connectivity index (χ2v) is 16.5. The summed E-state index contributed by atoms with van der Waals surface area (Å²) in [4.78, 5) is 37.5. The standard InChI is InChI=1S/C46H78NO9P/c1-6-8-9-10-11-12-13-14-15-19-22-25-28-31-34-37-45(49)53-41-44(42-55-57(51,52)54-40-39-47(3,4)5)56-46(50)38-35-32-29-26-23-20-17-16-18-21-24-27-30-33-36-43(48)7-2/h11-12,14-15,17-18,20-22,25-27,29-30,43-44,48H,6-10,13,16,19,23-24,28,31-42H2,1-5H3/b12-11-,15-14-,20-17-,21-18-,25-22-,29-26-,30-27-/t43-,44-/m1/s1. The van der Waals surface area contributed by atoms with Crippen molar-refractivity contribution in [3.05, 3.63) is 85.1 Å². The molecule has 0 aliphatic rings. The molecule has 11 heteroatoms. The van der Waals surface area contributed by atoms with Gasteiger partial charge in [-0.25, -0.2) is 0 Å². The summed E-state index contributed by atoms with van der Waals surface area (Å²) in [5.41, 5.74) is 0. The molecule has 326 valence electrons. The number of nitrogens with zero attached hydrogens (tertiary/aromatic N) is 1. The Morgan fingerprint density at radius 3 is 1.61 bits per heavy atom. The van der Waals surface area contributed by atoms with Gasteiger partial charge in [0.05, 0.1) is 33.9 Å². The van der Waals surface area contributed by atoms with Gasteiger partial charge in [0.15, 0.2) is 6.10 Å². The number of phosphoric ester groups is 1. The second-order valence-electron chi connectivity index (χ2n) is 15.1. The Morgan fingerprint density at radius 1 is 0.632 bits per heavy atom. The van der Waals surface area contributed by atoms with Crippen LogP contribution in [0.4, 0.5) is 0 Å². The van der Waals surface area contributed by atoms with Crippen molar-refractivity contribution in [2.75, 3.05) is 47.5 Å². The number of hydrogen-bond donors (Lipinski definition) is 1. The predicted octanol–water partition coefficient (Wildman–Crippen LogP) is 10.4. The van der Waals surface area contributed by atoms with Gasteiger partial charge in [-0.2, -0.15) is 0 Å². The van der Waals surface area contributed by atoms with Gasteiger partial charge in [0.25, 0.3) is 7.82 Å². The van der Waals surface area contributed by atoms with Gasteiger partial charge < -0.3 is 33.0 Å². The van der Waals surface area contributed by atoms with Crippen LogP contribution in [-0.2, 0) is 32.7 Å². The number of allylic oxidation sites excluding steroid dienone is 14. The van der Waals surface area contributed by atoms with E-state index >= 15 is 0 Å². The number of phosphoric acid groups is 1. The topological polar surface area (TPSA) is 131 Å². The van der Waals surface area contributed by atoms with E-state index in [0.29, 0.717) is 30.3 Å². The molecule has 57 heavy (non-hydrogen) atoms. The Labute approximate surface area is 346 Å². The number of quaternary nitrogens is 1. The van der Waals surface area contributed by atoms with E-state index in [1.165, 1.54) is 19.3 Å². The van der Waals surface area contributed by atoms with E-state index in [1.807, 2.05) is 40.2 Å². The summed E-state index contributed by atoms with van der Waals surface area (Å²) in [6, 6.07) is 0. The summed E-state index contributed by atoms with van der Waals surface area (Å²) in [5.74, 6) is -0.974. The minimum atomic E-state index is -4.66. The molecule has 0 aromatic rings. The smallest absolute Gasteiger partial charge is 0.306 e. The van der Waals surface area contributed by atoms with E-state index in [1.54, 1.807) is 0 Å². The number of ether oxygens (including phenoxy) is 2. The Hall–Kier alpha value is -2.85. The summed E-state index contributed by atoms with van der Waals surface area (Å²) in [6.07, 6.45) is 44.2. The van der Waals surface area contributed by atoms with Gasteiger partial charge in [-0.05, 0) is 96.3 Å². The molecule has 0 amide bonds. The maximum Gasteiger partial charge on any atom is 0.306 e. The maximum absolute atomic E-state index is 12.6. The van der Waals surface area contributed by atoms with Crippen LogP contribution in [0.25, 0.3) is 0 Å². The summed E-state index contributed by atoms with van der Waals surface area (Å²) >= 11 is 0. The molecule has 0 aliphatic carbocycles. The molecule has 10 nitrogen and oxygen atoms in total. The minimum Gasteiger partial charge on any atom is -0.756 e. The first-order valence-corrected chi connectivity index (χ1v) is 22.8. The van der Waals surface area contributed by atoms with Crippen LogP contribution in [0.1, 0.15) is 136 Å². The van der Waals surface area contributed by atoms with Crippen LogP contribution in [0.5, 0.6) is 0 Å². The molecule has 0 bridgehead atoms. The molecule has 0 saturated carbocycles. The molecule has 0 spiro atoms. The molecule has 0 rings (SSSR count). The summed E-state index contributed by atoms with van der Waals surface area (Å²) < 4.78 is 33.7. The van der Waals surface area contributed by atoms with Crippen molar-refractivity contribution in [3.63, 3.8) is 0 Å². The molecule has 1 N–H and O–H groups in total. The van der Waals surface area contributed by atoms with Crippen molar-refractivity contribution < 1.29 is 47.2 Å². The van der Waals surface area contributed by atoms with Crippen LogP contribution in [0.2, 0.25) is 0 Å². The highest BCUT2D eigenvalue weighted by molar-refractivity contribution is 7.45. The number of esters is 2. The number of carbonyl (C=O) groups is 2. The van der Waals surface area contributed by atoms with Crippen LogP contribution in [-0.4, -0.2) is 81.2 Å². The number of hydrogen-bond acceptors (Lipinski definition) is 9. The SMILES string of the molecule is CCCCC/C=C\C/C=C\C/C=C\CCCCC(=O)OC[C@H](COP(=O)([O-])OCC[N+](C)(C)C)OC(=O)CCC/C=C\C/C=C\C/C=C\C/C=C\CC[C@H](O)CC. The zero-order valence-corrected chi connectivity index (χ0v) is 37.0. The molecule has 0 aliphatic heterocycles. The fourth-order valence-corrected chi connectivity index (χ4v) is 5.71. The van der Waals surface area contributed by atoms with Crippen molar-refractivity contribution in [1.82, 2.24) is 0 Å². The lowest BCUT2D eigenvalue weighted by Crippen LogP contribution is -2.37. The Morgan fingerprint density at radius 2 is 1.11 bits per heavy atom. The predicted molar refractivity (Wildman–Crippen MR) is 232 cm³/mol. The van der Waals surface area contributed by atoms with Gasteiger partial charge >= 0.3 is 11.9 Å². The number of carbonyl (C=O) groups excluding carboxylic acids is 2. The summed E-state index contributed by atoms with van der Waals surface area (Å²) in [5, 5.41) is 9.57. The zero-order chi connectivity index (χ0) is 42.3. The van der Waals surface area contributed by atoms with Crippen LogP contribution < -0.4 is 4.89 Å². The minimum absolute atomic E-state index is 0.0580. The molecule has 0 heterocycles. The van der Waals surface area contributed by atoms with Crippen LogP contribution in [0, 0.1) is 0 Å². The molecule has 0 saturated heterocycles. The first-order chi connectivity index (χ1) is 27.4. The average molecular weight is 820 g/mol. The number of unbranched alkanes of at least 4 members (excludes halogenated alkanes) is 6. The van der Waals surface area contributed by atoms with Crippen molar-refractivity contribution in [2.45, 2.75) is 148 Å². The van der Waals surface area contributed by atoms with Crippen LogP contribution in [0.15, 0.2) is 85.1 Å². The number of aliphatic hydroxyl groups is 1. The average Bonchev–Trinajstić information content (AvgIpc) is 3.16. The normalized spacial score (nSPS) is 15.0. The lowest BCUT2D eigenvalue weighted by Gasteiger charge is -2.28. The highest BCUT2D eigenvalue weighted by atomic mass is 31.2. The summed E-state index contributed by atoms with van der Waals surface area (Å²) in [7, 11) is 1.07. The molecule has 3 atom stereocenters. The third kappa shape index (κ3) is 41.1. The van der Waals surface area contributed by atoms with E-state index in [-0.39, 0.29) is 32.2 Å². The monoisotopic (exact) mass is 820 g/mol. The Balaban J connectivity index is 4.58. The maximum atomic E-state index is 12.6. The molecule has 0 fully saturated rings. The molecular formula is C46H78NO9P. The van der Waals surface area contributed by atoms with E-state index in [4.69, 9.17) is 18.5 Å².